The van der Waals surface area contributed by atoms with Gasteiger partial charge in [0, 0.05) is 26.5 Å². The molecule has 1 N–H and O–H groups in total. The quantitative estimate of drug-likeness (QED) is 0.818. The van der Waals surface area contributed by atoms with Crippen molar-refractivity contribution < 1.29 is 19.4 Å². The zero-order valence-corrected chi connectivity index (χ0v) is 13.5. The number of nitrogens with zero attached hydrogens (tertiary/aromatic N) is 2. The maximum Gasteiger partial charge on any atom is 0.257 e. The van der Waals surface area contributed by atoms with Crippen molar-refractivity contribution in [1.29, 1.82) is 0 Å². The van der Waals surface area contributed by atoms with E-state index in [2.05, 4.69) is 4.98 Å². The normalized spacial score (nSPS) is 17.3. The lowest BCUT2D eigenvalue weighted by Gasteiger charge is -2.18. The third kappa shape index (κ3) is 3.55. The Bertz CT molecular complexity index is 705. The monoisotopic (exact) mass is 328 g/mol. The molecule has 1 unspecified atom stereocenters. The third-order valence-electron chi connectivity index (χ3n) is 3.92. The van der Waals surface area contributed by atoms with Crippen LogP contribution in [0.4, 0.5) is 5.82 Å². The standard InChI is InChI=1S/C18H20N2O4/c1-23-12-24-16-7-8-17(20-10-9-15(21)18(20)22)19-14(16)11-13-5-3-2-4-6-13/h2-8,15,21H,9-12H2,1H3. The van der Waals surface area contributed by atoms with Crippen LogP contribution < -0.4 is 9.64 Å². The first-order chi connectivity index (χ1) is 11.7. The van der Waals surface area contributed by atoms with E-state index in [1.54, 1.807) is 19.2 Å². The summed E-state index contributed by atoms with van der Waals surface area (Å²) in [6, 6.07) is 13.4. The predicted molar refractivity (Wildman–Crippen MR) is 89.0 cm³/mol. The van der Waals surface area contributed by atoms with Crippen LogP contribution in [0.1, 0.15) is 17.7 Å². The van der Waals surface area contributed by atoms with Crippen molar-refractivity contribution in [2.24, 2.45) is 0 Å². The van der Waals surface area contributed by atoms with Crippen LogP contribution >= 0.6 is 0 Å². The molecule has 0 spiro atoms. The minimum atomic E-state index is -0.936. The number of anilines is 1. The van der Waals surface area contributed by atoms with Crippen molar-refractivity contribution in [2.75, 3.05) is 25.3 Å². The van der Waals surface area contributed by atoms with Gasteiger partial charge in [-0.1, -0.05) is 30.3 Å². The molecule has 0 radical (unpaired) electrons. The molecule has 3 rings (SSSR count). The molecule has 1 aliphatic rings. The fraction of sp³-hybridized carbons (Fsp3) is 0.333. The SMILES string of the molecule is COCOc1ccc(N2CCC(O)C2=O)nc1Cc1ccccc1. The lowest BCUT2D eigenvalue weighted by atomic mass is 10.1. The maximum absolute atomic E-state index is 12.0. The minimum Gasteiger partial charge on any atom is -0.466 e. The molecular weight excluding hydrogens is 308 g/mol. The summed E-state index contributed by atoms with van der Waals surface area (Å²) in [5.41, 5.74) is 1.82. The van der Waals surface area contributed by atoms with Gasteiger partial charge in [0.25, 0.3) is 5.91 Å². The molecule has 1 fully saturated rings. The summed E-state index contributed by atoms with van der Waals surface area (Å²) in [6.07, 6.45) is 0.0724. The van der Waals surface area contributed by atoms with Crippen molar-refractivity contribution in [2.45, 2.75) is 18.9 Å². The van der Waals surface area contributed by atoms with Gasteiger partial charge in [0.15, 0.2) is 6.79 Å². The van der Waals surface area contributed by atoms with E-state index in [0.717, 1.165) is 11.3 Å². The van der Waals surface area contributed by atoms with Gasteiger partial charge in [-0.15, -0.1) is 0 Å². The Hall–Kier alpha value is -2.44. The number of hydrogen-bond donors (Lipinski definition) is 1. The van der Waals surface area contributed by atoms with E-state index in [4.69, 9.17) is 9.47 Å². The van der Waals surface area contributed by atoms with Gasteiger partial charge < -0.3 is 14.6 Å². The molecule has 1 aromatic carbocycles. The molecule has 1 atom stereocenters. The lowest BCUT2D eigenvalue weighted by molar-refractivity contribution is -0.124. The number of carbonyl (C=O) groups is 1. The third-order valence-corrected chi connectivity index (χ3v) is 3.92. The number of aromatic nitrogens is 1. The second kappa shape index (κ2) is 7.42. The van der Waals surface area contributed by atoms with Crippen molar-refractivity contribution in [1.82, 2.24) is 4.98 Å². The second-order valence-corrected chi connectivity index (χ2v) is 5.62. The largest absolute Gasteiger partial charge is 0.466 e. The number of ether oxygens (including phenoxy) is 2. The number of pyridine rings is 1. The number of benzene rings is 1. The average molecular weight is 328 g/mol. The topological polar surface area (TPSA) is 71.9 Å². The average Bonchev–Trinajstić information content (AvgIpc) is 2.94. The first kappa shape index (κ1) is 16.4. The van der Waals surface area contributed by atoms with Crippen LogP contribution in [0, 0.1) is 0 Å². The summed E-state index contributed by atoms with van der Waals surface area (Å²) in [7, 11) is 1.56. The molecule has 2 aromatic rings. The molecule has 1 aromatic heterocycles. The molecule has 1 saturated heterocycles. The van der Waals surface area contributed by atoms with Crippen LogP contribution in [0.15, 0.2) is 42.5 Å². The highest BCUT2D eigenvalue weighted by Gasteiger charge is 2.31. The summed E-state index contributed by atoms with van der Waals surface area (Å²) in [5, 5.41) is 9.64. The van der Waals surface area contributed by atoms with E-state index >= 15 is 0 Å². The molecule has 1 aliphatic heterocycles. The Balaban J connectivity index is 1.90. The van der Waals surface area contributed by atoms with Gasteiger partial charge in [0.1, 0.15) is 17.7 Å². The molecule has 0 saturated carbocycles. The van der Waals surface area contributed by atoms with Crippen LogP contribution in [-0.2, 0) is 16.0 Å². The Labute approximate surface area is 140 Å². The van der Waals surface area contributed by atoms with E-state index in [1.165, 1.54) is 4.90 Å². The van der Waals surface area contributed by atoms with Gasteiger partial charge in [0.2, 0.25) is 0 Å². The van der Waals surface area contributed by atoms with Gasteiger partial charge in [-0.3, -0.25) is 9.69 Å². The Morgan fingerprint density at radius 1 is 1.25 bits per heavy atom. The Morgan fingerprint density at radius 2 is 2.04 bits per heavy atom. The molecular formula is C18H20N2O4. The van der Waals surface area contributed by atoms with Crippen molar-refractivity contribution in [3.05, 3.63) is 53.7 Å². The number of carbonyl (C=O) groups excluding carboxylic acids is 1. The Kier molecular flexibility index (Phi) is 5.08. The first-order valence-corrected chi connectivity index (χ1v) is 7.84. The van der Waals surface area contributed by atoms with Gasteiger partial charge in [-0.25, -0.2) is 4.98 Å². The second-order valence-electron chi connectivity index (χ2n) is 5.62. The number of aliphatic hydroxyl groups is 1. The molecule has 0 bridgehead atoms. The smallest absolute Gasteiger partial charge is 0.257 e. The number of methoxy groups -OCH3 is 1. The van der Waals surface area contributed by atoms with E-state index in [-0.39, 0.29) is 12.7 Å². The molecule has 24 heavy (non-hydrogen) atoms. The summed E-state index contributed by atoms with van der Waals surface area (Å²) in [6.45, 7) is 0.597. The van der Waals surface area contributed by atoms with E-state index in [1.807, 2.05) is 30.3 Å². The predicted octanol–water partition coefficient (Wildman–Crippen LogP) is 1.75. The zero-order chi connectivity index (χ0) is 16.9. The van der Waals surface area contributed by atoms with Crippen LogP contribution in [-0.4, -0.2) is 42.5 Å². The highest BCUT2D eigenvalue weighted by atomic mass is 16.7. The molecule has 2 heterocycles. The Morgan fingerprint density at radius 3 is 2.71 bits per heavy atom. The van der Waals surface area contributed by atoms with E-state index in [9.17, 15) is 9.90 Å². The number of rotatable bonds is 6. The summed E-state index contributed by atoms with van der Waals surface area (Å²) in [4.78, 5) is 18.1. The van der Waals surface area contributed by atoms with Gasteiger partial charge in [-0.05, 0) is 17.7 Å². The minimum absolute atomic E-state index is 0.129. The number of hydrogen-bond acceptors (Lipinski definition) is 5. The van der Waals surface area contributed by atoms with Gasteiger partial charge in [-0.2, -0.15) is 0 Å². The maximum atomic E-state index is 12.0. The summed E-state index contributed by atoms with van der Waals surface area (Å²) < 4.78 is 10.6. The summed E-state index contributed by atoms with van der Waals surface area (Å²) in [5.74, 6) is 0.850. The van der Waals surface area contributed by atoms with Gasteiger partial charge in [0.05, 0.1) is 5.69 Å². The fourth-order valence-electron chi connectivity index (χ4n) is 2.69. The number of amides is 1. The van der Waals surface area contributed by atoms with Crippen LogP contribution in [0.25, 0.3) is 0 Å². The lowest BCUT2D eigenvalue weighted by Crippen LogP contribution is -2.30. The molecule has 1 amide bonds. The summed E-state index contributed by atoms with van der Waals surface area (Å²) >= 11 is 0. The highest BCUT2D eigenvalue weighted by molar-refractivity contribution is 5.97. The molecule has 6 heteroatoms. The molecule has 6 nitrogen and oxygen atoms in total. The van der Waals surface area contributed by atoms with Crippen LogP contribution in [0.5, 0.6) is 5.75 Å². The van der Waals surface area contributed by atoms with Crippen molar-refractivity contribution >= 4 is 11.7 Å². The van der Waals surface area contributed by atoms with E-state index in [0.29, 0.717) is 31.0 Å². The zero-order valence-electron chi connectivity index (χ0n) is 13.5. The van der Waals surface area contributed by atoms with Crippen molar-refractivity contribution in [3.8, 4) is 5.75 Å². The fourth-order valence-corrected chi connectivity index (χ4v) is 2.69. The van der Waals surface area contributed by atoms with Crippen molar-refractivity contribution in [3.63, 3.8) is 0 Å². The van der Waals surface area contributed by atoms with Crippen LogP contribution in [0.3, 0.4) is 0 Å². The first-order valence-electron chi connectivity index (χ1n) is 7.84. The van der Waals surface area contributed by atoms with Gasteiger partial charge >= 0.3 is 0 Å². The molecule has 126 valence electrons. The highest BCUT2D eigenvalue weighted by Crippen LogP contribution is 2.26. The molecule has 0 aliphatic carbocycles. The van der Waals surface area contributed by atoms with E-state index < -0.39 is 6.10 Å². The number of aliphatic hydroxyl groups excluding tert-OH is 1. The van der Waals surface area contributed by atoms with Crippen LogP contribution in [0.2, 0.25) is 0 Å².